The Morgan fingerprint density at radius 2 is 2.30 bits per heavy atom. The molecule has 0 aromatic carbocycles. The monoisotopic (exact) mass is 373 g/mol. The van der Waals surface area contributed by atoms with Crippen molar-refractivity contribution in [3.05, 3.63) is 30.1 Å². The van der Waals surface area contributed by atoms with E-state index in [1.165, 1.54) is 0 Å². The molecule has 27 heavy (non-hydrogen) atoms. The van der Waals surface area contributed by atoms with Crippen molar-refractivity contribution in [3.63, 3.8) is 0 Å². The fraction of sp³-hybridized carbons (Fsp3) is 0.500. The van der Waals surface area contributed by atoms with Crippen molar-refractivity contribution in [2.24, 2.45) is 0 Å². The van der Waals surface area contributed by atoms with Crippen molar-refractivity contribution >= 4 is 17.1 Å². The van der Waals surface area contributed by atoms with Gasteiger partial charge in [-0.3, -0.25) is 4.79 Å². The molecule has 1 fully saturated rings. The average Bonchev–Trinajstić information content (AvgIpc) is 3.16. The molecule has 144 valence electrons. The van der Waals surface area contributed by atoms with E-state index < -0.39 is 6.10 Å². The number of aliphatic hydroxyl groups is 1. The number of hydrogen-bond donors (Lipinski definition) is 2. The number of aliphatic hydroxyl groups excluding tert-OH is 1. The SMILES string of the molecule is C[C@@H]1CN(c2ccc(C#N)n3nccc23)C[C@H](C(=O)NCCOCCO)O1. The van der Waals surface area contributed by atoms with Gasteiger partial charge in [0, 0.05) is 13.1 Å². The highest BCUT2D eigenvalue weighted by molar-refractivity contribution is 5.82. The summed E-state index contributed by atoms with van der Waals surface area (Å²) in [6.07, 6.45) is 0.920. The predicted molar refractivity (Wildman–Crippen MR) is 97.4 cm³/mol. The first kappa shape index (κ1) is 19.1. The molecule has 2 aromatic heterocycles. The summed E-state index contributed by atoms with van der Waals surface area (Å²) in [7, 11) is 0. The lowest BCUT2D eigenvalue weighted by molar-refractivity contribution is -0.137. The number of fused-ring (bicyclic) bond motifs is 1. The smallest absolute Gasteiger partial charge is 0.251 e. The highest BCUT2D eigenvalue weighted by Gasteiger charge is 2.31. The number of nitrogens with zero attached hydrogens (tertiary/aromatic N) is 4. The van der Waals surface area contributed by atoms with Crippen molar-refractivity contribution in [2.45, 2.75) is 19.1 Å². The van der Waals surface area contributed by atoms with Crippen molar-refractivity contribution in [1.29, 1.82) is 5.26 Å². The molecule has 9 heteroatoms. The van der Waals surface area contributed by atoms with Crippen molar-refractivity contribution in [2.75, 3.05) is 44.4 Å². The Bertz CT molecular complexity index is 831. The number of carbonyl (C=O) groups excluding carboxylic acids is 1. The third-order valence-corrected chi connectivity index (χ3v) is 4.32. The Morgan fingerprint density at radius 1 is 1.44 bits per heavy atom. The Morgan fingerprint density at radius 3 is 3.07 bits per heavy atom. The van der Waals surface area contributed by atoms with Crippen LogP contribution in [0.1, 0.15) is 12.6 Å². The van der Waals surface area contributed by atoms with Gasteiger partial charge in [-0.05, 0) is 25.1 Å². The highest BCUT2D eigenvalue weighted by atomic mass is 16.5. The van der Waals surface area contributed by atoms with Gasteiger partial charge in [0.1, 0.15) is 11.8 Å². The van der Waals surface area contributed by atoms with Crippen LogP contribution in [0.3, 0.4) is 0 Å². The van der Waals surface area contributed by atoms with Crippen LogP contribution in [0, 0.1) is 11.3 Å². The first-order valence-corrected chi connectivity index (χ1v) is 8.87. The number of nitriles is 1. The molecule has 2 atom stereocenters. The minimum Gasteiger partial charge on any atom is -0.394 e. The molecular weight excluding hydrogens is 350 g/mol. The van der Waals surface area contributed by atoms with E-state index in [1.807, 2.05) is 19.1 Å². The van der Waals surface area contributed by atoms with E-state index in [0.717, 1.165) is 11.2 Å². The standard InChI is InChI=1S/C18H23N5O4/c1-13-11-22(12-17(27-13)18(25)20-6-8-26-9-7-24)15-3-2-14(10-19)23-16(15)4-5-21-23/h2-5,13,17,24H,6-9,11-12H2,1H3,(H,20,25)/t13-,17-/m1/s1. The van der Waals surface area contributed by atoms with E-state index in [9.17, 15) is 10.1 Å². The predicted octanol–water partition coefficient (Wildman–Crippen LogP) is -0.0752. The number of pyridine rings is 1. The van der Waals surface area contributed by atoms with E-state index in [0.29, 0.717) is 31.9 Å². The van der Waals surface area contributed by atoms with Crippen molar-refractivity contribution in [3.8, 4) is 6.07 Å². The quantitative estimate of drug-likeness (QED) is 0.653. The second kappa shape index (κ2) is 8.81. The van der Waals surface area contributed by atoms with Gasteiger partial charge in [0.25, 0.3) is 5.91 Å². The summed E-state index contributed by atoms with van der Waals surface area (Å²) in [5.74, 6) is -0.197. The van der Waals surface area contributed by atoms with Crippen LogP contribution in [-0.4, -0.2) is 72.3 Å². The lowest BCUT2D eigenvalue weighted by Gasteiger charge is -2.37. The van der Waals surface area contributed by atoms with Crippen LogP contribution >= 0.6 is 0 Å². The van der Waals surface area contributed by atoms with Gasteiger partial charge in [0.15, 0.2) is 6.10 Å². The topological polar surface area (TPSA) is 112 Å². The number of amides is 1. The Hall–Kier alpha value is -2.67. The van der Waals surface area contributed by atoms with Crippen LogP contribution in [-0.2, 0) is 14.3 Å². The maximum absolute atomic E-state index is 12.4. The van der Waals surface area contributed by atoms with Gasteiger partial charge in [-0.25, -0.2) is 4.52 Å². The lowest BCUT2D eigenvalue weighted by atomic mass is 10.1. The summed E-state index contributed by atoms with van der Waals surface area (Å²) in [5.41, 5.74) is 2.18. The number of morpholine rings is 1. The fourth-order valence-electron chi connectivity index (χ4n) is 3.17. The summed E-state index contributed by atoms with van der Waals surface area (Å²) in [4.78, 5) is 14.5. The summed E-state index contributed by atoms with van der Waals surface area (Å²) in [6.45, 7) is 3.87. The Balaban J connectivity index is 1.70. The number of nitrogens with one attached hydrogen (secondary N) is 1. The van der Waals surface area contributed by atoms with Crippen LogP contribution < -0.4 is 10.2 Å². The van der Waals surface area contributed by atoms with Gasteiger partial charge >= 0.3 is 0 Å². The summed E-state index contributed by atoms with van der Waals surface area (Å²) in [5, 5.41) is 24.9. The molecule has 1 amide bonds. The summed E-state index contributed by atoms with van der Waals surface area (Å²) in [6, 6.07) is 7.58. The largest absolute Gasteiger partial charge is 0.394 e. The number of rotatable bonds is 7. The van der Waals surface area contributed by atoms with Gasteiger partial charge in [-0.2, -0.15) is 10.4 Å². The minimum atomic E-state index is -0.606. The number of carbonyl (C=O) groups is 1. The van der Waals surface area contributed by atoms with E-state index in [1.54, 1.807) is 16.8 Å². The molecule has 9 nitrogen and oxygen atoms in total. The normalized spacial score (nSPS) is 19.8. The van der Waals surface area contributed by atoms with E-state index >= 15 is 0 Å². The third kappa shape index (κ3) is 4.36. The third-order valence-electron chi connectivity index (χ3n) is 4.32. The van der Waals surface area contributed by atoms with E-state index in [4.69, 9.17) is 14.6 Å². The zero-order chi connectivity index (χ0) is 19.2. The Labute approximate surface area is 157 Å². The first-order valence-electron chi connectivity index (χ1n) is 8.87. The molecule has 3 heterocycles. The van der Waals surface area contributed by atoms with Crippen LogP contribution in [0.2, 0.25) is 0 Å². The van der Waals surface area contributed by atoms with Crippen molar-refractivity contribution in [1.82, 2.24) is 14.9 Å². The van der Waals surface area contributed by atoms with Crippen LogP contribution in [0.15, 0.2) is 24.4 Å². The molecule has 1 aliphatic rings. The van der Waals surface area contributed by atoms with Gasteiger partial charge in [-0.15, -0.1) is 0 Å². The second-order valence-corrected chi connectivity index (χ2v) is 6.31. The minimum absolute atomic E-state index is 0.0419. The lowest BCUT2D eigenvalue weighted by Crippen LogP contribution is -2.53. The number of aromatic nitrogens is 2. The first-order chi connectivity index (χ1) is 13.1. The summed E-state index contributed by atoms with van der Waals surface area (Å²) >= 11 is 0. The molecule has 1 aliphatic heterocycles. The zero-order valence-electron chi connectivity index (χ0n) is 15.2. The van der Waals surface area contributed by atoms with Crippen LogP contribution in [0.25, 0.3) is 5.52 Å². The second-order valence-electron chi connectivity index (χ2n) is 6.31. The summed E-state index contributed by atoms with van der Waals surface area (Å²) < 4.78 is 12.5. The maximum Gasteiger partial charge on any atom is 0.251 e. The number of ether oxygens (including phenoxy) is 2. The van der Waals surface area contributed by atoms with E-state index in [-0.39, 0.29) is 25.2 Å². The van der Waals surface area contributed by atoms with Gasteiger partial charge < -0.3 is 24.8 Å². The maximum atomic E-state index is 12.4. The molecule has 0 bridgehead atoms. The number of hydrogen-bond acceptors (Lipinski definition) is 7. The molecule has 3 rings (SSSR count). The van der Waals surface area contributed by atoms with Crippen LogP contribution in [0.5, 0.6) is 0 Å². The zero-order valence-corrected chi connectivity index (χ0v) is 15.2. The molecule has 0 aliphatic carbocycles. The average molecular weight is 373 g/mol. The van der Waals surface area contributed by atoms with E-state index in [2.05, 4.69) is 21.4 Å². The van der Waals surface area contributed by atoms with Gasteiger partial charge in [0.05, 0.1) is 49.9 Å². The molecule has 0 unspecified atom stereocenters. The molecule has 0 spiro atoms. The molecule has 2 aromatic rings. The molecule has 0 saturated carbocycles. The highest BCUT2D eigenvalue weighted by Crippen LogP contribution is 2.26. The Kier molecular flexibility index (Phi) is 6.24. The molecule has 1 saturated heterocycles. The van der Waals surface area contributed by atoms with Gasteiger partial charge in [0.2, 0.25) is 0 Å². The molecular formula is C18H23N5O4. The van der Waals surface area contributed by atoms with Gasteiger partial charge in [-0.1, -0.05) is 0 Å². The molecule has 0 radical (unpaired) electrons. The fourth-order valence-corrected chi connectivity index (χ4v) is 3.17. The van der Waals surface area contributed by atoms with Crippen molar-refractivity contribution < 1.29 is 19.4 Å². The molecule has 2 N–H and O–H groups in total. The van der Waals surface area contributed by atoms with Crippen LogP contribution in [0.4, 0.5) is 5.69 Å². The number of anilines is 1.